The number of esters is 1. The molecule has 8 heteroatoms. The summed E-state index contributed by atoms with van der Waals surface area (Å²) in [7, 11) is -2.48. The van der Waals surface area contributed by atoms with Gasteiger partial charge >= 0.3 is 5.97 Å². The van der Waals surface area contributed by atoms with Crippen molar-refractivity contribution in [2.75, 3.05) is 17.7 Å². The number of methoxy groups -OCH3 is 1. The summed E-state index contributed by atoms with van der Waals surface area (Å²) in [4.78, 5) is 25.4. The molecule has 1 atom stereocenters. The van der Waals surface area contributed by atoms with Gasteiger partial charge in [0.05, 0.1) is 30.1 Å². The molecular weight excluding hydrogens is 392 g/mol. The summed E-state index contributed by atoms with van der Waals surface area (Å²) in [6.45, 7) is 3.42. The highest BCUT2D eigenvalue weighted by Gasteiger charge is 2.31. The fraction of sp³-hybridized carbons (Fsp3) is 0.238. The molecule has 1 heterocycles. The van der Waals surface area contributed by atoms with Crippen molar-refractivity contribution in [2.45, 2.75) is 19.9 Å². The lowest BCUT2D eigenvalue weighted by Gasteiger charge is -2.28. The van der Waals surface area contributed by atoms with Crippen LogP contribution in [0.4, 0.5) is 5.69 Å². The van der Waals surface area contributed by atoms with Gasteiger partial charge in [-0.2, -0.15) is 0 Å². The van der Waals surface area contributed by atoms with E-state index in [0.717, 1.165) is 16.1 Å². The Morgan fingerprint density at radius 1 is 1.07 bits per heavy atom. The second-order valence-corrected chi connectivity index (χ2v) is 8.69. The molecule has 0 aliphatic heterocycles. The molecule has 1 unspecified atom stereocenters. The van der Waals surface area contributed by atoms with Crippen LogP contribution in [0.15, 0.2) is 54.7 Å². The Morgan fingerprint density at radius 3 is 2.28 bits per heavy atom. The summed E-state index contributed by atoms with van der Waals surface area (Å²) < 4.78 is 32.2. The van der Waals surface area contributed by atoms with E-state index in [1.165, 1.54) is 24.8 Å². The third-order valence-corrected chi connectivity index (χ3v) is 5.95. The Bertz CT molecular complexity index is 1180. The number of anilines is 1. The molecule has 0 saturated carbocycles. The summed E-state index contributed by atoms with van der Waals surface area (Å²) in [6, 6.07) is 12.8. The molecule has 152 valence electrons. The molecule has 0 saturated heterocycles. The highest BCUT2D eigenvalue weighted by Crippen LogP contribution is 2.26. The average molecular weight is 414 g/mol. The van der Waals surface area contributed by atoms with Crippen molar-refractivity contribution in [3.63, 3.8) is 0 Å². The number of carbonyl (C=O) groups excluding carboxylic acids is 2. The Morgan fingerprint density at radius 2 is 1.69 bits per heavy atom. The van der Waals surface area contributed by atoms with Gasteiger partial charge in [-0.25, -0.2) is 13.2 Å². The number of ether oxygens (including phenoxy) is 1. The Labute approximate surface area is 169 Å². The van der Waals surface area contributed by atoms with E-state index >= 15 is 0 Å². The number of sulfonamides is 1. The number of aromatic nitrogens is 1. The fourth-order valence-electron chi connectivity index (χ4n) is 3.33. The van der Waals surface area contributed by atoms with Gasteiger partial charge in [0, 0.05) is 11.6 Å². The van der Waals surface area contributed by atoms with Crippen molar-refractivity contribution < 1.29 is 22.7 Å². The van der Waals surface area contributed by atoms with E-state index in [1.54, 1.807) is 48.5 Å². The number of hydrogen-bond acceptors (Lipinski definition) is 5. The molecule has 29 heavy (non-hydrogen) atoms. The molecule has 2 aromatic carbocycles. The van der Waals surface area contributed by atoms with Gasteiger partial charge in [0.15, 0.2) is 0 Å². The molecule has 3 rings (SSSR count). The van der Waals surface area contributed by atoms with Crippen molar-refractivity contribution in [1.29, 1.82) is 0 Å². The smallest absolute Gasteiger partial charge is 0.340 e. The summed E-state index contributed by atoms with van der Waals surface area (Å²) in [6.07, 6.45) is 2.45. The number of fused-ring (bicyclic) bond motifs is 1. The third kappa shape index (κ3) is 3.88. The monoisotopic (exact) mass is 414 g/mol. The molecule has 0 spiro atoms. The van der Waals surface area contributed by atoms with Gasteiger partial charge in [-0.05, 0) is 32.0 Å². The predicted octanol–water partition coefficient (Wildman–Crippen LogP) is 3.23. The van der Waals surface area contributed by atoms with Crippen molar-refractivity contribution >= 4 is 38.5 Å². The van der Waals surface area contributed by atoms with E-state index in [4.69, 9.17) is 4.74 Å². The second kappa shape index (κ2) is 7.71. The van der Waals surface area contributed by atoms with Gasteiger partial charge in [0.25, 0.3) is 5.91 Å². The first-order chi connectivity index (χ1) is 13.6. The molecule has 3 aromatic rings. The van der Waals surface area contributed by atoms with Crippen molar-refractivity contribution in [3.05, 3.63) is 65.9 Å². The average Bonchev–Trinajstić information content (AvgIpc) is 3.07. The summed E-state index contributed by atoms with van der Waals surface area (Å²) in [5.74, 6) is -1.05. The Kier molecular flexibility index (Phi) is 5.48. The molecule has 0 N–H and O–H groups in total. The number of benzene rings is 2. The van der Waals surface area contributed by atoms with Crippen LogP contribution in [0.5, 0.6) is 0 Å². The quantitative estimate of drug-likeness (QED) is 0.599. The van der Waals surface area contributed by atoms with Crippen LogP contribution >= 0.6 is 0 Å². The standard InChI is InChI=1S/C21H22N2O5S/c1-14-9-11-16(12-10-14)23(29(4,26)27)15(2)20(24)22-13-18(21(25)28-3)17-7-5-6-8-19(17)22/h5-13,15H,1-4H3. The molecular formula is C21H22N2O5S. The molecule has 0 fully saturated rings. The first kappa shape index (κ1) is 20.6. The van der Waals surface area contributed by atoms with E-state index in [1.807, 2.05) is 6.92 Å². The zero-order chi connectivity index (χ0) is 21.3. The van der Waals surface area contributed by atoms with Gasteiger partial charge in [0.2, 0.25) is 10.0 Å². The number of hydrogen-bond donors (Lipinski definition) is 0. The molecule has 0 aliphatic rings. The lowest BCUT2D eigenvalue weighted by atomic mass is 10.2. The van der Waals surface area contributed by atoms with Crippen molar-refractivity contribution in [1.82, 2.24) is 4.57 Å². The molecule has 0 bridgehead atoms. The van der Waals surface area contributed by atoms with Crippen LogP contribution in [-0.2, 0) is 14.8 Å². The lowest BCUT2D eigenvalue weighted by molar-refractivity contribution is 0.0603. The highest BCUT2D eigenvalue weighted by atomic mass is 32.2. The zero-order valence-electron chi connectivity index (χ0n) is 16.6. The maximum atomic E-state index is 13.3. The second-order valence-electron chi connectivity index (χ2n) is 6.83. The first-order valence-electron chi connectivity index (χ1n) is 8.94. The molecule has 0 aliphatic carbocycles. The van der Waals surface area contributed by atoms with E-state index in [2.05, 4.69) is 0 Å². The number of para-hydroxylation sites is 1. The topological polar surface area (TPSA) is 85.7 Å². The van der Waals surface area contributed by atoms with Crippen LogP contribution in [0.25, 0.3) is 10.9 Å². The molecule has 7 nitrogen and oxygen atoms in total. The highest BCUT2D eigenvalue weighted by molar-refractivity contribution is 7.92. The SMILES string of the molecule is COC(=O)c1cn(C(=O)C(C)N(c2ccc(C)cc2)S(C)(=O)=O)c2ccccc12. The van der Waals surface area contributed by atoms with Crippen LogP contribution in [0.2, 0.25) is 0 Å². The minimum absolute atomic E-state index is 0.241. The zero-order valence-corrected chi connectivity index (χ0v) is 17.4. The van der Waals surface area contributed by atoms with Crippen molar-refractivity contribution in [2.24, 2.45) is 0 Å². The Balaban J connectivity index is 2.11. The van der Waals surface area contributed by atoms with E-state index in [-0.39, 0.29) is 5.56 Å². The fourth-order valence-corrected chi connectivity index (χ4v) is 4.50. The minimum Gasteiger partial charge on any atom is -0.465 e. The third-order valence-electron chi connectivity index (χ3n) is 4.71. The molecule has 0 radical (unpaired) electrons. The van der Waals surface area contributed by atoms with Gasteiger partial charge in [-0.15, -0.1) is 0 Å². The van der Waals surface area contributed by atoms with Crippen LogP contribution in [0, 0.1) is 6.92 Å². The van der Waals surface area contributed by atoms with Gasteiger partial charge in [0.1, 0.15) is 6.04 Å². The normalized spacial score (nSPS) is 12.6. The van der Waals surface area contributed by atoms with E-state index in [0.29, 0.717) is 16.6 Å². The number of rotatable bonds is 5. The number of carbonyl (C=O) groups is 2. The minimum atomic E-state index is -3.74. The maximum absolute atomic E-state index is 13.3. The first-order valence-corrected chi connectivity index (χ1v) is 10.8. The van der Waals surface area contributed by atoms with Crippen LogP contribution in [-0.4, -0.2) is 44.3 Å². The van der Waals surface area contributed by atoms with Gasteiger partial charge < -0.3 is 4.74 Å². The number of nitrogens with zero attached hydrogens (tertiary/aromatic N) is 2. The molecule has 0 amide bonds. The van der Waals surface area contributed by atoms with E-state index in [9.17, 15) is 18.0 Å². The summed E-state index contributed by atoms with van der Waals surface area (Å²) in [5, 5.41) is 0.557. The Hall–Kier alpha value is -3.13. The van der Waals surface area contributed by atoms with Gasteiger partial charge in [-0.1, -0.05) is 35.9 Å². The van der Waals surface area contributed by atoms with Crippen molar-refractivity contribution in [3.8, 4) is 0 Å². The summed E-state index contributed by atoms with van der Waals surface area (Å²) in [5.41, 5.74) is 2.11. The summed E-state index contributed by atoms with van der Waals surface area (Å²) >= 11 is 0. The predicted molar refractivity (Wildman–Crippen MR) is 112 cm³/mol. The lowest BCUT2D eigenvalue weighted by Crippen LogP contribution is -2.44. The van der Waals surface area contributed by atoms with Crippen LogP contribution < -0.4 is 4.31 Å². The van der Waals surface area contributed by atoms with E-state index < -0.39 is 27.9 Å². The molecule has 1 aromatic heterocycles. The maximum Gasteiger partial charge on any atom is 0.340 e. The van der Waals surface area contributed by atoms with Crippen LogP contribution in [0.3, 0.4) is 0 Å². The largest absolute Gasteiger partial charge is 0.465 e. The van der Waals surface area contributed by atoms with Gasteiger partial charge in [-0.3, -0.25) is 13.7 Å². The van der Waals surface area contributed by atoms with Crippen LogP contribution in [0.1, 0.15) is 27.6 Å². The number of aryl methyl sites for hydroxylation is 1.